The van der Waals surface area contributed by atoms with Gasteiger partial charge < -0.3 is 4.90 Å². The third-order valence-corrected chi connectivity index (χ3v) is 17.1. The van der Waals surface area contributed by atoms with Crippen LogP contribution in [0.2, 0.25) is 0 Å². The Hall–Kier alpha value is -4.10. The van der Waals surface area contributed by atoms with E-state index in [1.165, 1.54) is 119 Å². The lowest BCUT2D eigenvalue weighted by molar-refractivity contribution is -0.0399. The number of anilines is 3. The van der Waals surface area contributed by atoms with Gasteiger partial charge in [-0.2, -0.15) is 0 Å². The van der Waals surface area contributed by atoms with Crippen molar-refractivity contribution in [3.63, 3.8) is 0 Å². The Morgan fingerprint density at radius 2 is 0.895 bits per heavy atom. The van der Waals surface area contributed by atoms with E-state index >= 15 is 0 Å². The Kier molecular flexibility index (Phi) is 7.58. The van der Waals surface area contributed by atoms with E-state index in [2.05, 4.69) is 163 Å². The molecule has 12 rings (SSSR count). The molecule has 292 valence electrons. The molecule has 57 heavy (non-hydrogen) atoms. The minimum absolute atomic E-state index is 0.0686. The first-order chi connectivity index (χ1) is 27.2. The lowest BCUT2D eigenvalue weighted by Gasteiger charge is -2.61. The van der Waals surface area contributed by atoms with Gasteiger partial charge in [-0.25, -0.2) is 0 Å². The van der Waals surface area contributed by atoms with Crippen LogP contribution in [0.3, 0.4) is 0 Å². The van der Waals surface area contributed by atoms with E-state index in [1.807, 2.05) is 0 Å². The SMILES string of the molecule is CC1(C)CCC(C)(C)c2c(N(c3ccc(-c4ccc5c(c4)C4(c6ccccc6-5)C5CC6CC(C5)CC4C6)cc3)c3cccc4c3C(C)(C)CCC4(C)C)cccc21. The van der Waals surface area contributed by atoms with Crippen LogP contribution in [0.4, 0.5) is 17.1 Å². The van der Waals surface area contributed by atoms with Crippen LogP contribution in [0.1, 0.15) is 147 Å². The molecule has 7 aliphatic rings. The third-order valence-electron chi connectivity index (χ3n) is 17.1. The molecular weight excluding hydrogens is 687 g/mol. The summed E-state index contributed by atoms with van der Waals surface area (Å²) in [5.74, 6) is 3.46. The topological polar surface area (TPSA) is 3.24 Å². The van der Waals surface area contributed by atoms with Crippen LogP contribution in [0.15, 0.2) is 103 Å². The lowest BCUT2D eigenvalue weighted by atomic mass is 9.43. The zero-order valence-electron chi connectivity index (χ0n) is 35.9. The molecule has 1 heteroatoms. The number of nitrogens with zero attached hydrogens (tertiary/aromatic N) is 1. The van der Waals surface area contributed by atoms with Crippen molar-refractivity contribution in [2.75, 3.05) is 4.90 Å². The first-order valence-electron chi connectivity index (χ1n) is 22.6. The molecule has 5 aromatic rings. The van der Waals surface area contributed by atoms with E-state index in [1.54, 1.807) is 11.1 Å². The van der Waals surface area contributed by atoms with Crippen LogP contribution >= 0.6 is 0 Å². The van der Waals surface area contributed by atoms with Crippen LogP contribution in [0.5, 0.6) is 0 Å². The van der Waals surface area contributed by atoms with Crippen molar-refractivity contribution in [1.29, 1.82) is 0 Å². The molecule has 0 N–H and O–H groups in total. The van der Waals surface area contributed by atoms with E-state index in [0.29, 0.717) is 0 Å². The molecule has 1 spiro atoms. The quantitative estimate of drug-likeness (QED) is 0.177. The van der Waals surface area contributed by atoms with E-state index in [4.69, 9.17) is 0 Å². The molecule has 0 aliphatic heterocycles. The minimum atomic E-state index is 0.0686. The Labute approximate surface area is 343 Å². The van der Waals surface area contributed by atoms with E-state index < -0.39 is 0 Å². The van der Waals surface area contributed by atoms with Gasteiger partial charge in [0.05, 0.1) is 11.4 Å². The summed E-state index contributed by atoms with van der Waals surface area (Å²) in [6.07, 6.45) is 12.0. The monoisotopic (exact) mass is 749 g/mol. The number of rotatable bonds is 4. The van der Waals surface area contributed by atoms with Crippen LogP contribution in [0, 0.1) is 23.7 Å². The summed E-state index contributed by atoms with van der Waals surface area (Å²) in [6.45, 7) is 19.8. The van der Waals surface area contributed by atoms with Gasteiger partial charge in [-0.05, 0) is 189 Å². The van der Waals surface area contributed by atoms with Crippen LogP contribution in [0.25, 0.3) is 22.3 Å². The van der Waals surface area contributed by atoms with Crippen molar-refractivity contribution in [3.8, 4) is 22.3 Å². The van der Waals surface area contributed by atoms with Crippen molar-refractivity contribution in [1.82, 2.24) is 0 Å². The van der Waals surface area contributed by atoms with Gasteiger partial charge >= 0.3 is 0 Å². The first-order valence-corrected chi connectivity index (χ1v) is 22.6. The largest absolute Gasteiger partial charge is 0.310 e. The zero-order valence-corrected chi connectivity index (χ0v) is 35.9. The summed E-state index contributed by atoms with van der Waals surface area (Å²) in [7, 11) is 0. The molecule has 0 atom stereocenters. The highest BCUT2D eigenvalue weighted by Crippen LogP contribution is 2.69. The van der Waals surface area contributed by atoms with Gasteiger partial charge in [-0.3, -0.25) is 0 Å². The zero-order chi connectivity index (χ0) is 39.3. The summed E-state index contributed by atoms with van der Waals surface area (Å²) in [6, 6.07) is 41.2. The Morgan fingerprint density at radius 1 is 0.421 bits per heavy atom. The van der Waals surface area contributed by atoms with Crippen LogP contribution in [-0.4, -0.2) is 0 Å². The minimum Gasteiger partial charge on any atom is -0.310 e. The summed E-state index contributed by atoms with van der Waals surface area (Å²) in [5, 5.41) is 0. The molecule has 0 saturated heterocycles. The van der Waals surface area contributed by atoms with Crippen molar-refractivity contribution >= 4 is 17.1 Å². The van der Waals surface area contributed by atoms with Gasteiger partial charge in [0.25, 0.3) is 0 Å². The highest BCUT2D eigenvalue weighted by Gasteiger charge is 2.61. The van der Waals surface area contributed by atoms with Crippen molar-refractivity contribution in [2.24, 2.45) is 23.7 Å². The highest BCUT2D eigenvalue weighted by atomic mass is 15.2. The average molecular weight is 750 g/mol. The number of hydrogen-bond donors (Lipinski definition) is 0. The maximum absolute atomic E-state index is 2.68. The molecule has 1 nitrogen and oxygen atoms in total. The number of hydrogen-bond acceptors (Lipinski definition) is 1. The molecule has 4 saturated carbocycles. The average Bonchev–Trinajstić information content (AvgIpc) is 3.48. The van der Waals surface area contributed by atoms with Gasteiger partial charge in [-0.15, -0.1) is 0 Å². The molecule has 4 fully saturated rings. The Morgan fingerprint density at radius 3 is 1.46 bits per heavy atom. The van der Waals surface area contributed by atoms with E-state index in [-0.39, 0.29) is 27.1 Å². The van der Waals surface area contributed by atoms with Gasteiger partial charge in [0.1, 0.15) is 0 Å². The maximum atomic E-state index is 2.68. The van der Waals surface area contributed by atoms with Crippen molar-refractivity contribution in [2.45, 2.75) is 140 Å². The molecule has 4 bridgehead atoms. The first kappa shape index (κ1) is 36.0. The second-order valence-corrected chi connectivity index (χ2v) is 22.3. The predicted octanol–water partition coefficient (Wildman–Crippen LogP) is 15.2. The molecule has 5 aromatic carbocycles. The van der Waals surface area contributed by atoms with E-state index in [9.17, 15) is 0 Å². The highest BCUT2D eigenvalue weighted by molar-refractivity contribution is 5.87. The Bertz CT molecular complexity index is 2330. The second kappa shape index (κ2) is 12.0. The van der Waals surface area contributed by atoms with E-state index in [0.717, 1.165) is 23.7 Å². The maximum Gasteiger partial charge on any atom is 0.0502 e. The number of fused-ring (bicyclic) bond motifs is 5. The standard InChI is InChI=1S/C56H63N/c1-52(2)25-27-54(5,6)50-45(52)15-11-17-48(50)57(49-18-12-16-46-51(49)55(7,8)28-26-53(46,3)4)41-22-19-37(20-23-41)38-21-24-43-42-13-9-10-14-44(42)56(47(43)34-38)39-30-35-29-36(32-39)33-40(56)31-35/h9-24,34-36,39-40H,25-33H2,1-8H3. The fourth-order valence-corrected chi connectivity index (χ4v) is 14.3. The van der Waals surface area contributed by atoms with Crippen molar-refractivity contribution in [3.05, 3.63) is 137 Å². The fourth-order valence-electron chi connectivity index (χ4n) is 14.3. The van der Waals surface area contributed by atoms with Crippen molar-refractivity contribution < 1.29 is 0 Å². The second-order valence-electron chi connectivity index (χ2n) is 22.3. The molecule has 0 amide bonds. The predicted molar refractivity (Wildman–Crippen MR) is 240 cm³/mol. The molecule has 0 unspecified atom stereocenters. The van der Waals surface area contributed by atoms with Crippen LogP contribution in [-0.2, 0) is 27.1 Å². The summed E-state index contributed by atoms with van der Waals surface area (Å²) in [4.78, 5) is 2.68. The lowest BCUT2D eigenvalue weighted by Crippen LogP contribution is -2.55. The Balaban J connectivity index is 1.07. The van der Waals surface area contributed by atoms with Gasteiger partial charge in [0.2, 0.25) is 0 Å². The van der Waals surface area contributed by atoms with Gasteiger partial charge in [0.15, 0.2) is 0 Å². The van der Waals surface area contributed by atoms with Gasteiger partial charge in [-0.1, -0.05) is 128 Å². The fraction of sp³-hybridized carbons (Fsp3) is 0.464. The summed E-state index contributed by atoms with van der Waals surface area (Å²) in [5.41, 5.74) is 19.6. The van der Waals surface area contributed by atoms with Gasteiger partial charge in [0, 0.05) is 11.1 Å². The molecular formula is C56H63N. The number of benzene rings is 5. The summed E-state index contributed by atoms with van der Waals surface area (Å²) < 4.78 is 0. The molecule has 0 radical (unpaired) electrons. The van der Waals surface area contributed by atoms with Crippen LogP contribution < -0.4 is 4.90 Å². The summed E-state index contributed by atoms with van der Waals surface area (Å²) >= 11 is 0. The molecule has 0 aromatic heterocycles. The normalized spacial score (nSPS) is 28.7. The smallest absolute Gasteiger partial charge is 0.0502 e. The molecule has 0 heterocycles. The molecule has 7 aliphatic carbocycles. The third kappa shape index (κ3) is 5.05.